The number of hydrogen-bond donors (Lipinski definition) is 0. The van der Waals surface area contributed by atoms with Crippen LogP contribution in [0.3, 0.4) is 0 Å². The molecular weight excluding hydrogens is 216 g/mol. The van der Waals surface area contributed by atoms with Crippen LogP contribution in [0.5, 0.6) is 0 Å². The summed E-state index contributed by atoms with van der Waals surface area (Å²) in [5, 5.41) is 0. The highest BCUT2D eigenvalue weighted by Gasteiger charge is 1.91. The molecule has 0 saturated heterocycles. The summed E-state index contributed by atoms with van der Waals surface area (Å²) in [6.45, 7) is 4.10. The Kier molecular flexibility index (Phi) is 3.99. The molecule has 0 fully saturated rings. The minimum Gasteiger partial charge on any atom is -0.0871 e. The van der Waals surface area contributed by atoms with Crippen molar-refractivity contribution in [3.63, 3.8) is 0 Å². The fraction of sp³-hybridized carbons (Fsp3) is 0.111. The molecule has 2 rings (SSSR count). The molecule has 88 valence electrons. The van der Waals surface area contributed by atoms with E-state index in [9.17, 15) is 0 Å². The minimum absolute atomic E-state index is 1.05. The van der Waals surface area contributed by atoms with Gasteiger partial charge >= 0.3 is 0 Å². The molecule has 0 radical (unpaired) electrons. The maximum atomic E-state index is 3.21. The van der Waals surface area contributed by atoms with Gasteiger partial charge in [-0.15, -0.1) is 0 Å². The van der Waals surface area contributed by atoms with Crippen LogP contribution in [0, 0.1) is 18.8 Å². The third kappa shape index (κ3) is 3.12. The van der Waals surface area contributed by atoms with Crippen LogP contribution in [0.2, 0.25) is 0 Å². The van der Waals surface area contributed by atoms with Gasteiger partial charge in [-0.2, -0.15) is 0 Å². The van der Waals surface area contributed by atoms with Gasteiger partial charge in [-0.05, 0) is 43.2 Å². The molecule has 0 aliphatic rings. The van der Waals surface area contributed by atoms with E-state index < -0.39 is 0 Å². The Bertz CT molecular complexity index is 604. The Morgan fingerprint density at radius 3 is 2.28 bits per heavy atom. The van der Waals surface area contributed by atoms with Crippen LogP contribution in [-0.2, 0) is 0 Å². The molecule has 0 aliphatic heterocycles. The highest BCUT2D eigenvalue weighted by Crippen LogP contribution is 2.07. The third-order valence-electron chi connectivity index (χ3n) is 2.76. The largest absolute Gasteiger partial charge is 0.0871 e. The average Bonchev–Trinajstić information content (AvgIpc) is 2.40. The number of aryl methyl sites for hydroxylation is 1. The molecule has 18 heavy (non-hydrogen) atoms. The molecule has 0 spiro atoms. The Hall–Kier alpha value is -2.26. The van der Waals surface area contributed by atoms with E-state index in [0.29, 0.717) is 0 Å². The molecule has 0 unspecified atom stereocenters. The first-order valence-corrected chi connectivity index (χ1v) is 6.10. The zero-order valence-corrected chi connectivity index (χ0v) is 10.8. The molecule has 0 aromatic heterocycles. The van der Waals surface area contributed by atoms with Gasteiger partial charge in [0.1, 0.15) is 0 Å². The Balaban J connectivity index is 2.22. The average molecular weight is 232 g/mol. The van der Waals surface area contributed by atoms with Gasteiger partial charge in [-0.3, -0.25) is 0 Å². The second-order valence-electron chi connectivity index (χ2n) is 4.19. The maximum Gasteiger partial charge on any atom is 0.0278 e. The van der Waals surface area contributed by atoms with Crippen LogP contribution in [0.1, 0.15) is 29.2 Å². The molecule has 0 atom stereocenters. The first-order valence-electron chi connectivity index (χ1n) is 6.10. The van der Waals surface area contributed by atoms with Crippen molar-refractivity contribution in [3.05, 3.63) is 76.9 Å². The summed E-state index contributed by atoms with van der Waals surface area (Å²) in [4.78, 5) is 0. The standard InChI is InChI=1S/C18H16/c1-3-6-16-9-11-17(12-10-16)13-14-18-8-5-4-7-15(18)2/h3-12H,1-2H3. The lowest BCUT2D eigenvalue weighted by atomic mass is 10.1. The second-order valence-corrected chi connectivity index (χ2v) is 4.19. The van der Waals surface area contributed by atoms with Crippen LogP contribution in [0.25, 0.3) is 6.08 Å². The SMILES string of the molecule is CC=Cc1ccc(C#Cc2ccccc2C)cc1. The Morgan fingerprint density at radius 2 is 1.61 bits per heavy atom. The number of allylic oxidation sites excluding steroid dienone is 1. The molecular formula is C18H16. The van der Waals surface area contributed by atoms with Gasteiger partial charge in [-0.1, -0.05) is 54.3 Å². The summed E-state index contributed by atoms with van der Waals surface area (Å²) in [6, 6.07) is 16.5. The number of benzene rings is 2. The number of hydrogen-bond acceptors (Lipinski definition) is 0. The maximum absolute atomic E-state index is 3.21. The zero-order valence-electron chi connectivity index (χ0n) is 10.8. The topological polar surface area (TPSA) is 0 Å². The van der Waals surface area contributed by atoms with Gasteiger partial charge in [0.25, 0.3) is 0 Å². The van der Waals surface area contributed by atoms with E-state index in [-0.39, 0.29) is 0 Å². The predicted octanol–water partition coefficient (Wildman–Crippen LogP) is 4.43. The van der Waals surface area contributed by atoms with Crippen LogP contribution < -0.4 is 0 Å². The molecule has 0 heteroatoms. The summed E-state index contributed by atoms with van der Waals surface area (Å²) >= 11 is 0. The molecule has 0 saturated carbocycles. The van der Waals surface area contributed by atoms with Crippen molar-refractivity contribution in [2.45, 2.75) is 13.8 Å². The fourth-order valence-corrected chi connectivity index (χ4v) is 1.72. The normalized spacial score (nSPS) is 10.1. The molecule has 0 heterocycles. The summed E-state index contributed by atoms with van der Waals surface area (Å²) in [6.07, 6.45) is 4.12. The van der Waals surface area contributed by atoms with E-state index in [1.54, 1.807) is 0 Å². The van der Waals surface area contributed by atoms with Crippen molar-refractivity contribution in [2.75, 3.05) is 0 Å². The van der Waals surface area contributed by atoms with Crippen LogP contribution in [0.4, 0.5) is 0 Å². The van der Waals surface area contributed by atoms with Gasteiger partial charge in [0, 0.05) is 11.1 Å². The lowest BCUT2D eigenvalue weighted by Gasteiger charge is -1.96. The van der Waals surface area contributed by atoms with Crippen molar-refractivity contribution in [3.8, 4) is 11.8 Å². The van der Waals surface area contributed by atoms with Gasteiger partial charge in [0.2, 0.25) is 0 Å². The Morgan fingerprint density at radius 1 is 0.889 bits per heavy atom. The van der Waals surface area contributed by atoms with Crippen molar-refractivity contribution in [1.29, 1.82) is 0 Å². The van der Waals surface area contributed by atoms with Crippen LogP contribution in [-0.4, -0.2) is 0 Å². The molecule has 2 aromatic rings. The van der Waals surface area contributed by atoms with Crippen molar-refractivity contribution >= 4 is 6.08 Å². The highest BCUT2D eigenvalue weighted by molar-refractivity contribution is 5.52. The van der Waals surface area contributed by atoms with Gasteiger partial charge in [0.05, 0.1) is 0 Å². The molecule has 0 nitrogen and oxygen atoms in total. The van der Waals surface area contributed by atoms with Gasteiger partial charge < -0.3 is 0 Å². The first-order chi connectivity index (χ1) is 8.79. The highest BCUT2D eigenvalue weighted by atomic mass is 14.0. The van der Waals surface area contributed by atoms with Gasteiger partial charge in [0.15, 0.2) is 0 Å². The van der Waals surface area contributed by atoms with Crippen molar-refractivity contribution in [1.82, 2.24) is 0 Å². The van der Waals surface area contributed by atoms with E-state index in [1.807, 2.05) is 25.1 Å². The second kappa shape index (κ2) is 5.89. The summed E-state index contributed by atoms with van der Waals surface area (Å²) in [5.74, 6) is 6.41. The number of rotatable bonds is 1. The third-order valence-corrected chi connectivity index (χ3v) is 2.76. The lowest BCUT2D eigenvalue weighted by Crippen LogP contribution is -1.81. The monoisotopic (exact) mass is 232 g/mol. The van der Waals surface area contributed by atoms with Crippen molar-refractivity contribution < 1.29 is 0 Å². The molecule has 2 aromatic carbocycles. The lowest BCUT2D eigenvalue weighted by molar-refractivity contribution is 1.44. The summed E-state index contributed by atoms with van der Waals surface area (Å²) in [7, 11) is 0. The fourth-order valence-electron chi connectivity index (χ4n) is 1.72. The van der Waals surface area contributed by atoms with E-state index in [4.69, 9.17) is 0 Å². The summed E-state index contributed by atoms with van der Waals surface area (Å²) in [5.41, 5.74) is 4.57. The summed E-state index contributed by atoms with van der Waals surface area (Å²) < 4.78 is 0. The Labute approximate surface area is 109 Å². The van der Waals surface area contributed by atoms with Gasteiger partial charge in [-0.25, -0.2) is 0 Å². The van der Waals surface area contributed by atoms with E-state index in [1.165, 1.54) is 11.1 Å². The molecule has 0 bridgehead atoms. The first kappa shape index (κ1) is 12.2. The van der Waals surface area contributed by atoms with E-state index in [0.717, 1.165) is 11.1 Å². The van der Waals surface area contributed by atoms with E-state index >= 15 is 0 Å². The van der Waals surface area contributed by atoms with Crippen molar-refractivity contribution in [2.24, 2.45) is 0 Å². The quantitative estimate of drug-likeness (QED) is 0.638. The zero-order chi connectivity index (χ0) is 12.8. The van der Waals surface area contributed by atoms with E-state index in [2.05, 4.69) is 61.2 Å². The molecule has 0 amide bonds. The van der Waals surface area contributed by atoms with Crippen LogP contribution >= 0.6 is 0 Å². The minimum atomic E-state index is 1.05. The van der Waals surface area contributed by atoms with Crippen LogP contribution in [0.15, 0.2) is 54.6 Å². The predicted molar refractivity (Wildman–Crippen MR) is 78.3 cm³/mol. The molecule has 0 aliphatic carbocycles. The molecule has 0 N–H and O–H groups in total. The smallest absolute Gasteiger partial charge is 0.0278 e.